The summed E-state index contributed by atoms with van der Waals surface area (Å²) in [4.78, 5) is 12.0. The first-order chi connectivity index (χ1) is 18.6. The number of carbonyl (C=O) groups is 1. The van der Waals surface area contributed by atoms with Gasteiger partial charge in [0.25, 0.3) is 10.1 Å². The lowest BCUT2D eigenvalue weighted by Gasteiger charge is -2.52. The van der Waals surface area contributed by atoms with E-state index in [1.807, 2.05) is 25.5 Å². The molecular weight excluding hydrogens is 592 g/mol. The summed E-state index contributed by atoms with van der Waals surface area (Å²) in [5.41, 5.74) is -2.36. The van der Waals surface area contributed by atoms with Crippen LogP contribution in [0.25, 0.3) is 0 Å². The predicted molar refractivity (Wildman–Crippen MR) is 143 cm³/mol. The van der Waals surface area contributed by atoms with Crippen LogP contribution in [0.3, 0.4) is 0 Å². The van der Waals surface area contributed by atoms with Gasteiger partial charge < -0.3 is 40.0 Å². The Morgan fingerprint density at radius 3 is 2.15 bits per heavy atom. The van der Waals surface area contributed by atoms with Gasteiger partial charge in [0, 0.05) is 26.1 Å². The van der Waals surface area contributed by atoms with Crippen LogP contribution in [0.15, 0.2) is 0 Å². The minimum Gasteiger partial charge on any atom is -0.481 e. The molecule has 2 aliphatic carbocycles. The fourth-order valence-electron chi connectivity index (χ4n) is 5.56. The van der Waals surface area contributed by atoms with Gasteiger partial charge in [-0.2, -0.15) is 21.6 Å². The number of ether oxygens (including phenoxy) is 3. The summed E-state index contributed by atoms with van der Waals surface area (Å²) in [6.45, 7) is 7.89. The zero-order valence-corrected chi connectivity index (χ0v) is 25.3. The summed E-state index contributed by atoms with van der Waals surface area (Å²) in [6, 6.07) is -1.75. The van der Waals surface area contributed by atoms with Gasteiger partial charge in [0.15, 0.2) is 0 Å². The molecular formula is C23H44N2O14S2. The number of methoxy groups -OCH3 is 1. The highest BCUT2D eigenvalue weighted by molar-refractivity contribution is 7.85. The zero-order chi connectivity index (χ0) is 31.6. The number of rotatable bonds is 13. The maximum atomic E-state index is 12.0. The molecule has 2 aliphatic rings. The number of carboxylic acids is 1. The molecule has 2 fully saturated rings. The van der Waals surface area contributed by atoms with E-state index in [2.05, 4.69) is 5.32 Å². The zero-order valence-electron chi connectivity index (χ0n) is 23.7. The van der Waals surface area contributed by atoms with Crippen LogP contribution in [-0.2, 0) is 39.4 Å². The van der Waals surface area contributed by atoms with Crippen molar-refractivity contribution >= 4 is 26.4 Å². The minimum absolute atomic E-state index is 0.0595. The number of aliphatic hydroxyl groups excluding tert-OH is 2. The lowest BCUT2D eigenvalue weighted by molar-refractivity contribution is -0.234. The first kappa shape index (κ1) is 36.2. The molecule has 0 aliphatic heterocycles. The van der Waals surface area contributed by atoms with Crippen molar-refractivity contribution in [2.45, 2.75) is 88.8 Å². The van der Waals surface area contributed by atoms with Crippen molar-refractivity contribution in [3.63, 3.8) is 0 Å². The summed E-state index contributed by atoms with van der Waals surface area (Å²) >= 11 is 0. The van der Waals surface area contributed by atoms with E-state index in [1.54, 1.807) is 0 Å². The van der Waals surface area contributed by atoms with Crippen LogP contribution in [0.2, 0.25) is 0 Å². The maximum absolute atomic E-state index is 12.0. The summed E-state index contributed by atoms with van der Waals surface area (Å²) < 4.78 is 85.4. The number of carboxylic acid groups (broad SMARTS) is 1. The van der Waals surface area contributed by atoms with Crippen LogP contribution in [-0.4, -0.2) is 133 Å². The molecule has 0 radical (unpaired) electrons. The van der Waals surface area contributed by atoms with Gasteiger partial charge in [-0.25, -0.2) is 0 Å². The topological polar surface area (TPSA) is 258 Å². The summed E-state index contributed by atoms with van der Waals surface area (Å²) in [7, 11) is -8.49. The molecule has 0 aromatic heterocycles. The highest BCUT2D eigenvalue weighted by atomic mass is 32.2. The molecule has 10 atom stereocenters. The molecule has 0 heterocycles. The number of hydrogen-bond acceptors (Lipinski definition) is 12. The van der Waals surface area contributed by atoms with Gasteiger partial charge in [-0.1, -0.05) is 20.8 Å². The quantitative estimate of drug-likeness (QED) is 0.0805. The molecule has 41 heavy (non-hydrogen) atoms. The smallest absolute Gasteiger partial charge is 0.333 e. The fourth-order valence-corrected chi connectivity index (χ4v) is 7.12. The van der Waals surface area contributed by atoms with Crippen molar-refractivity contribution in [3.05, 3.63) is 0 Å². The second kappa shape index (κ2) is 13.7. The third-order valence-electron chi connectivity index (χ3n) is 7.37. The molecule has 242 valence electrons. The third kappa shape index (κ3) is 10.3. The van der Waals surface area contributed by atoms with Gasteiger partial charge in [-0.3, -0.25) is 13.9 Å². The predicted octanol–water partition coefficient (Wildman–Crippen LogP) is -1.98. The van der Waals surface area contributed by atoms with E-state index in [0.29, 0.717) is 6.54 Å². The van der Waals surface area contributed by atoms with Crippen molar-refractivity contribution in [1.29, 1.82) is 0 Å². The van der Waals surface area contributed by atoms with Crippen molar-refractivity contribution < 1.29 is 65.4 Å². The number of hydrogen-bond donors (Lipinski definition) is 8. The van der Waals surface area contributed by atoms with Gasteiger partial charge in [-0.15, -0.1) is 0 Å². The van der Waals surface area contributed by atoms with E-state index in [4.69, 9.17) is 14.2 Å². The maximum Gasteiger partial charge on any atom is 0.333 e. The Hall–Kier alpha value is -1.03. The molecule has 8 N–H and O–H groups in total. The Balaban J connectivity index is 2.44. The fraction of sp³-hybridized carbons (Fsp3) is 0.957. The lowest BCUT2D eigenvalue weighted by atomic mass is 9.72. The van der Waals surface area contributed by atoms with Crippen LogP contribution in [0, 0.1) is 17.3 Å². The molecule has 0 saturated heterocycles. The van der Waals surface area contributed by atoms with Crippen LogP contribution >= 0.6 is 0 Å². The minimum atomic E-state index is -5.03. The third-order valence-corrected chi connectivity index (χ3v) is 8.78. The molecule has 4 unspecified atom stereocenters. The van der Waals surface area contributed by atoms with Crippen LogP contribution < -0.4 is 10.0 Å². The first-order valence-electron chi connectivity index (χ1n) is 13.1. The number of nitrogens with one attached hydrogen (secondary N) is 2. The SMILES string of the molecule is CO[C@@H]1CC(C(=O)O)[C@H](O[C@@H]2CC(CS(=O)(=O)O)[C@H](OCCNCC(C)(C)C)[C@@](C)(O)C2NS(=O)(=O)O)[C@@H](O)C1O. The molecule has 0 aromatic rings. The molecule has 2 rings (SSSR count). The standard InChI is InChI=1S/C23H44N2O14S2/c1-22(2,3)11-24-6-7-38-20-12(10-40(31,32)33)8-15(19(23(20,4)30)25-41(34,35)36)39-18-13(21(28)29)9-14(37-5)16(26)17(18)27/h12-20,24-27,30H,6-11H2,1-5H3,(H,28,29)(H,31,32,33)(H,34,35,36)/t12?,13?,14-,15-,16?,17+,18+,19?,20+,23+/m1/s1. The van der Waals surface area contributed by atoms with Crippen LogP contribution in [0.1, 0.15) is 40.5 Å². The Kier molecular flexibility index (Phi) is 12.1. The van der Waals surface area contributed by atoms with Crippen LogP contribution in [0.5, 0.6) is 0 Å². The van der Waals surface area contributed by atoms with E-state index in [9.17, 15) is 51.2 Å². The van der Waals surface area contributed by atoms with Crippen molar-refractivity contribution in [3.8, 4) is 0 Å². The van der Waals surface area contributed by atoms with Gasteiger partial charge >= 0.3 is 16.3 Å². The molecule has 16 nitrogen and oxygen atoms in total. The highest BCUT2D eigenvalue weighted by Crippen LogP contribution is 2.40. The normalized spacial score (nSPS) is 37.2. The van der Waals surface area contributed by atoms with Crippen LogP contribution in [0.4, 0.5) is 0 Å². The Bertz CT molecular complexity index is 1090. The second-order valence-electron chi connectivity index (χ2n) is 12.1. The van der Waals surface area contributed by atoms with Gasteiger partial charge in [0.2, 0.25) is 0 Å². The highest BCUT2D eigenvalue weighted by Gasteiger charge is 2.57. The van der Waals surface area contributed by atoms with Gasteiger partial charge in [-0.05, 0) is 25.2 Å². The molecule has 18 heteroatoms. The first-order valence-corrected chi connectivity index (χ1v) is 16.1. The van der Waals surface area contributed by atoms with Crippen molar-refractivity contribution in [1.82, 2.24) is 10.0 Å². The molecule has 0 amide bonds. The van der Waals surface area contributed by atoms with Crippen molar-refractivity contribution in [2.75, 3.05) is 32.6 Å². The van der Waals surface area contributed by atoms with E-state index >= 15 is 0 Å². The van der Waals surface area contributed by atoms with E-state index in [-0.39, 0.29) is 25.0 Å². The molecule has 0 spiro atoms. The Labute approximate surface area is 240 Å². The largest absolute Gasteiger partial charge is 0.481 e. The average Bonchev–Trinajstić information content (AvgIpc) is 2.78. The molecule has 2 saturated carbocycles. The molecule has 0 aromatic carbocycles. The van der Waals surface area contributed by atoms with Gasteiger partial charge in [0.1, 0.15) is 17.8 Å². The van der Waals surface area contributed by atoms with E-state index in [1.165, 1.54) is 7.11 Å². The summed E-state index contributed by atoms with van der Waals surface area (Å²) in [5.74, 6) is -5.04. The summed E-state index contributed by atoms with van der Waals surface area (Å²) in [5, 5.41) is 45.7. The van der Waals surface area contributed by atoms with Crippen molar-refractivity contribution in [2.24, 2.45) is 17.3 Å². The average molecular weight is 637 g/mol. The number of aliphatic hydroxyl groups is 3. The number of aliphatic carboxylic acids is 1. The monoisotopic (exact) mass is 636 g/mol. The molecule has 0 bridgehead atoms. The Morgan fingerprint density at radius 1 is 1.05 bits per heavy atom. The lowest BCUT2D eigenvalue weighted by Crippen LogP contribution is -2.70. The van der Waals surface area contributed by atoms with Gasteiger partial charge in [0.05, 0.1) is 48.7 Å². The summed E-state index contributed by atoms with van der Waals surface area (Å²) in [6.07, 6.45) is -9.87. The van der Waals surface area contributed by atoms with E-state index in [0.717, 1.165) is 6.92 Å². The van der Waals surface area contributed by atoms with E-state index < -0.39 is 98.7 Å². The second-order valence-corrected chi connectivity index (χ2v) is 14.8. The Morgan fingerprint density at radius 2 is 1.66 bits per heavy atom.